The van der Waals surface area contributed by atoms with E-state index in [4.69, 9.17) is 10.5 Å². The fourth-order valence-electron chi connectivity index (χ4n) is 1.71. The van der Waals surface area contributed by atoms with E-state index < -0.39 is 0 Å². The van der Waals surface area contributed by atoms with E-state index in [-0.39, 0.29) is 12.4 Å². The molecule has 0 spiro atoms. The summed E-state index contributed by atoms with van der Waals surface area (Å²) in [5.74, 6) is 0.481. The Balaban J connectivity index is 2.25. The van der Waals surface area contributed by atoms with Gasteiger partial charge in [0.15, 0.2) is 0 Å². The van der Waals surface area contributed by atoms with Gasteiger partial charge >= 0.3 is 0 Å². The Morgan fingerprint density at radius 1 is 1.17 bits per heavy atom. The molecule has 0 aliphatic rings. The highest BCUT2D eigenvalue weighted by Gasteiger charge is 2.06. The molecule has 18 heavy (non-hydrogen) atoms. The number of methoxy groups -OCH3 is 1. The van der Waals surface area contributed by atoms with Crippen LogP contribution >= 0.6 is 0 Å². The van der Waals surface area contributed by atoms with E-state index in [1.54, 1.807) is 19.2 Å². The van der Waals surface area contributed by atoms with Crippen LogP contribution in [0.4, 0.5) is 15.8 Å². The molecular formula is C14H15FN2O. The Bertz CT molecular complexity index is 526. The van der Waals surface area contributed by atoms with Crippen molar-refractivity contribution in [2.75, 3.05) is 12.4 Å². The summed E-state index contributed by atoms with van der Waals surface area (Å²) in [6.45, 7) is 0.158. The van der Waals surface area contributed by atoms with Gasteiger partial charge in [-0.25, -0.2) is 4.39 Å². The third-order valence-electron chi connectivity index (χ3n) is 2.69. The van der Waals surface area contributed by atoms with Crippen molar-refractivity contribution >= 4 is 11.4 Å². The molecular weight excluding hydrogens is 231 g/mol. The molecule has 0 unspecified atom stereocenters. The van der Waals surface area contributed by atoms with Crippen LogP contribution in [0.2, 0.25) is 0 Å². The predicted octanol–water partition coefficient (Wildman–Crippen LogP) is 3.04. The van der Waals surface area contributed by atoms with Gasteiger partial charge in [0.1, 0.15) is 11.6 Å². The van der Waals surface area contributed by atoms with Gasteiger partial charge in [0, 0.05) is 23.5 Å². The molecule has 0 atom stereocenters. The van der Waals surface area contributed by atoms with Gasteiger partial charge in [-0.2, -0.15) is 0 Å². The number of hydrogen-bond acceptors (Lipinski definition) is 3. The molecule has 0 aliphatic carbocycles. The standard InChI is InChI=1S/C14H15FN2O/c1-18-11-7-5-10(6-8-11)17-14-4-2-3-13(15)12(14)9-16/h2-8,17H,9,16H2,1H3. The first-order valence-electron chi connectivity index (χ1n) is 5.63. The zero-order chi connectivity index (χ0) is 13.0. The van der Waals surface area contributed by atoms with Gasteiger partial charge in [-0.15, -0.1) is 0 Å². The van der Waals surface area contributed by atoms with Gasteiger partial charge < -0.3 is 15.8 Å². The molecule has 3 N–H and O–H groups in total. The minimum atomic E-state index is -0.295. The lowest BCUT2D eigenvalue weighted by atomic mass is 10.1. The molecule has 0 bridgehead atoms. The molecule has 4 heteroatoms. The normalized spacial score (nSPS) is 10.2. The van der Waals surface area contributed by atoms with E-state index in [9.17, 15) is 4.39 Å². The Morgan fingerprint density at radius 2 is 1.89 bits per heavy atom. The second kappa shape index (κ2) is 5.51. The van der Waals surface area contributed by atoms with E-state index in [0.717, 1.165) is 11.4 Å². The lowest BCUT2D eigenvalue weighted by Gasteiger charge is -2.12. The Hall–Kier alpha value is -2.07. The van der Waals surface area contributed by atoms with Crippen LogP contribution in [0.25, 0.3) is 0 Å². The van der Waals surface area contributed by atoms with Gasteiger partial charge in [0.25, 0.3) is 0 Å². The second-order valence-corrected chi connectivity index (χ2v) is 3.82. The summed E-state index contributed by atoms with van der Waals surface area (Å²) in [5, 5.41) is 3.14. The minimum absolute atomic E-state index is 0.158. The number of ether oxygens (including phenoxy) is 1. The minimum Gasteiger partial charge on any atom is -0.497 e. The second-order valence-electron chi connectivity index (χ2n) is 3.82. The first-order valence-corrected chi connectivity index (χ1v) is 5.63. The van der Waals surface area contributed by atoms with Gasteiger partial charge in [-0.3, -0.25) is 0 Å². The maximum atomic E-state index is 13.5. The third kappa shape index (κ3) is 2.60. The predicted molar refractivity (Wildman–Crippen MR) is 70.6 cm³/mol. The van der Waals surface area contributed by atoms with E-state index >= 15 is 0 Å². The van der Waals surface area contributed by atoms with Crippen LogP contribution in [0.5, 0.6) is 5.75 Å². The summed E-state index contributed by atoms with van der Waals surface area (Å²) in [5.41, 5.74) is 7.57. The van der Waals surface area contributed by atoms with Crippen molar-refractivity contribution in [3.05, 3.63) is 53.8 Å². The van der Waals surface area contributed by atoms with Crippen LogP contribution in [0.1, 0.15) is 5.56 Å². The number of benzene rings is 2. The van der Waals surface area contributed by atoms with Crippen molar-refractivity contribution in [1.82, 2.24) is 0 Å². The van der Waals surface area contributed by atoms with E-state index in [0.29, 0.717) is 11.3 Å². The molecule has 0 heterocycles. The molecule has 0 aromatic heterocycles. The lowest BCUT2D eigenvalue weighted by Crippen LogP contribution is -2.04. The van der Waals surface area contributed by atoms with Gasteiger partial charge in [0.05, 0.1) is 7.11 Å². The molecule has 94 valence electrons. The average molecular weight is 246 g/mol. The maximum Gasteiger partial charge on any atom is 0.129 e. The van der Waals surface area contributed by atoms with Crippen molar-refractivity contribution in [3.63, 3.8) is 0 Å². The monoisotopic (exact) mass is 246 g/mol. The number of hydrogen-bond donors (Lipinski definition) is 2. The number of nitrogens with two attached hydrogens (primary N) is 1. The summed E-state index contributed by atoms with van der Waals surface area (Å²) in [6, 6.07) is 12.3. The Labute approximate surface area is 105 Å². The molecule has 0 radical (unpaired) electrons. The van der Waals surface area contributed by atoms with Crippen molar-refractivity contribution in [2.45, 2.75) is 6.54 Å². The van der Waals surface area contributed by atoms with Crippen LogP contribution in [0, 0.1) is 5.82 Å². The quantitative estimate of drug-likeness (QED) is 0.871. The molecule has 0 saturated carbocycles. The van der Waals surface area contributed by atoms with Crippen molar-refractivity contribution in [3.8, 4) is 5.75 Å². The molecule has 2 aromatic rings. The number of halogens is 1. The molecule has 2 aromatic carbocycles. The van der Waals surface area contributed by atoms with Crippen LogP contribution in [0.3, 0.4) is 0 Å². The van der Waals surface area contributed by atoms with E-state index in [1.807, 2.05) is 24.3 Å². The number of rotatable bonds is 4. The molecule has 0 fully saturated rings. The van der Waals surface area contributed by atoms with Crippen molar-refractivity contribution in [2.24, 2.45) is 5.73 Å². The van der Waals surface area contributed by atoms with Crippen molar-refractivity contribution < 1.29 is 9.13 Å². The SMILES string of the molecule is COc1ccc(Nc2cccc(F)c2CN)cc1. The fraction of sp³-hybridized carbons (Fsp3) is 0.143. The van der Waals surface area contributed by atoms with Crippen LogP contribution in [-0.4, -0.2) is 7.11 Å². The molecule has 3 nitrogen and oxygen atoms in total. The zero-order valence-electron chi connectivity index (χ0n) is 10.1. The summed E-state index contributed by atoms with van der Waals surface area (Å²) >= 11 is 0. The van der Waals surface area contributed by atoms with Gasteiger partial charge in [0.2, 0.25) is 0 Å². The molecule has 0 saturated heterocycles. The van der Waals surface area contributed by atoms with Crippen LogP contribution < -0.4 is 15.8 Å². The van der Waals surface area contributed by atoms with Crippen molar-refractivity contribution in [1.29, 1.82) is 0 Å². The zero-order valence-corrected chi connectivity index (χ0v) is 10.1. The highest BCUT2D eigenvalue weighted by molar-refractivity contribution is 5.63. The van der Waals surface area contributed by atoms with Gasteiger partial charge in [-0.05, 0) is 36.4 Å². The van der Waals surface area contributed by atoms with Crippen LogP contribution in [0.15, 0.2) is 42.5 Å². The van der Waals surface area contributed by atoms with E-state index in [1.165, 1.54) is 6.07 Å². The number of anilines is 2. The summed E-state index contributed by atoms with van der Waals surface area (Å²) < 4.78 is 18.6. The van der Waals surface area contributed by atoms with E-state index in [2.05, 4.69) is 5.32 Å². The highest BCUT2D eigenvalue weighted by atomic mass is 19.1. The number of nitrogens with one attached hydrogen (secondary N) is 1. The van der Waals surface area contributed by atoms with Crippen LogP contribution in [-0.2, 0) is 6.54 Å². The first-order chi connectivity index (χ1) is 8.74. The summed E-state index contributed by atoms with van der Waals surface area (Å²) in [4.78, 5) is 0. The maximum absolute atomic E-state index is 13.5. The molecule has 0 amide bonds. The Kier molecular flexibility index (Phi) is 3.79. The first kappa shape index (κ1) is 12.4. The third-order valence-corrected chi connectivity index (χ3v) is 2.69. The molecule has 2 rings (SSSR count). The fourth-order valence-corrected chi connectivity index (χ4v) is 1.71. The largest absolute Gasteiger partial charge is 0.497 e. The topological polar surface area (TPSA) is 47.3 Å². The smallest absolute Gasteiger partial charge is 0.129 e. The summed E-state index contributed by atoms with van der Waals surface area (Å²) in [7, 11) is 1.61. The average Bonchev–Trinajstić information content (AvgIpc) is 2.40. The highest BCUT2D eigenvalue weighted by Crippen LogP contribution is 2.24. The summed E-state index contributed by atoms with van der Waals surface area (Å²) in [6.07, 6.45) is 0. The Morgan fingerprint density at radius 3 is 2.50 bits per heavy atom. The molecule has 0 aliphatic heterocycles. The lowest BCUT2D eigenvalue weighted by molar-refractivity contribution is 0.415. The van der Waals surface area contributed by atoms with Gasteiger partial charge in [-0.1, -0.05) is 6.07 Å².